The Bertz CT molecular complexity index is 302. The van der Waals surface area contributed by atoms with E-state index in [1.165, 1.54) is 41.2 Å². The number of hydrogen-bond donors (Lipinski definition) is 0. The molecule has 0 bridgehead atoms. The first-order chi connectivity index (χ1) is 7.17. The third-order valence-electron chi connectivity index (χ3n) is 2.60. The number of unbranched alkanes of at least 4 members (excludes halogenated alkanes) is 1. The molecule has 0 aliphatic carbocycles. The molecule has 1 aromatic carbocycles. The molecule has 83 valence electrons. The van der Waals surface area contributed by atoms with Crippen molar-refractivity contribution in [2.45, 2.75) is 44.9 Å². The molecule has 0 aliphatic rings. The summed E-state index contributed by atoms with van der Waals surface area (Å²) in [5.74, 6) is 1.41. The van der Waals surface area contributed by atoms with Gasteiger partial charge in [0.05, 0.1) is 0 Å². The summed E-state index contributed by atoms with van der Waals surface area (Å²) in [6.45, 7) is 6.61. The highest BCUT2D eigenvalue weighted by molar-refractivity contribution is 7.98. The van der Waals surface area contributed by atoms with Crippen molar-refractivity contribution >= 4 is 11.8 Å². The maximum absolute atomic E-state index is 2.34. The zero-order chi connectivity index (χ0) is 11.3. The molecular weight excluding hydrogens is 200 g/mol. The monoisotopic (exact) mass is 221 g/mol. The Morgan fingerprint density at radius 3 is 2.47 bits per heavy atom. The van der Waals surface area contributed by atoms with E-state index in [1.54, 1.807) is 0 Å². The van der Waals surface area contributed by atoms with Gasteiger partial charge in [0.15, 0.2) is 0 Å². The molecule has 0 unspecified atom stereocenters. The Morgan fingerprint density at radius 2 is 1.93 bits per heavy atom. The lowest BCUT2D eigenvalue weighted by Gasteiger charge is -2.10. The van der Waals surface area contributed by atoms with Gasteiger partial charge in [-0.25, -0.2) is 0 Å². The molecule has 1 rings (SSSR count). The highest BCUT2D eigenvalue weighted by atomic mass is 32.2. The van der Waals surface area contributed by atoms with Crippen molar-refractivity contribution in [1.29, 1.82) is 0 Å². The van der Waals surface area contributed by atoms with Gasteiger partial charge in [-0.2, -0.15) is 0 Å². The van der Waals surface area contributed by atoms with Gasteiger partial charge in [0, 0.05) is 4.90 Å². The standard InChI is InChI=1S/C14H21S/c1-5-6-7-12-8-13(11(2)3)10-14(9-12)15-4/h8-10H,5-7H2,1-4H3. The average molecular weight is 221 g/mol. The fourth-order valence-electron chi connectivity index (χ4n) is 1.59. The molecule has 0 amide bonds. The third-order valence-corrected chi connectivity index (χ3v) is 3.31. The largest absolute Gasteiger partial charge is 0.130 e. The Kier molecular flexibility index (Phi) is 5.24. The summed E-state index contributed by atoms with van der Waals surface area (Å²) in [4.78, 5) is 1.39. The van der Waals surface area contributed by atoms with Crippen molar-refractivity contribution in [3.63, 3.8) is 0 Å². The maximum atomic E-state index is 2.34. The molecule has 0 aliphatic heterocycles. The molecule has 0 N–H and O–H groups in total. The minimum Gasteiger partial charge on any atom is -0.130 e. The second-order valence-electron chi connectivity index (χ2n) is 4.17. The summed E-state index contributed by atoms with van der Waals surface area (Å²) in [5.41, 5.74) is 2.88. The van der Waals surface area contributed by atoms with Crippen molar-refractivity contribution in [2.24, 2.45) is 0 Å². The van der Waals surface area contributed by atoms with Crippen molar-refractivity contribution in [2.75, 3.05) is 6.26 Å². The molecule has 1 radical (unpaired) electrons. The number of thioether (sulfide) groups is 1. The van der Waals surface area contributed by atoms with Gasteiger partial charge in [-0.15, -0.1) is 11.8 Å². The molecule has 0 atom stereocenters. The molecule has 0 fully saturated rings. The molecule has 0 aromatic heterocycles. The van der Waals surface area contributed by atoms with E-state index in [4.69, 9.17) is 0 Å². The van der Waals surface area contributed by atoms with Crippen molar-refractivity contribution in [3.8, 4) is 0 Å². The quantitative estimate of drug-likeness (QED) is 0.649. The highest BCUT2D eigenvalue weighted by Crippen LogP contribution is 2.24. The van der Waals surface area contributed by atoms with Crippen LogP contribution in [0.3, 0.4) is 0 Å². The van der Waals surface area contributed by atoms with Crippen LogP contribution in [-0.4, -0.2) is 6.26 Å². The first-order valence-electron chi connectivity index (χ1n) is 5.66. The van der Waals surface area contributed by atoms with Crippen LogP contribution in [0.2, 0.25) is 0 Å². The SMILES string of the molecule is CCCCc1cc(SC)cc([C](C)C)c1. The van der Waals surface area contributed by atoms with Gasteiger partial charge >= 0.3 is 0 Å². The number of hydrogen-bond acceptors (Lipinski definition) is 1. The van der Waals surface area contributed by atoms with E-state index < -0.39 is 0 Å². The van der Waals surface area contributed by atoms with E-state index in [0.717, 1.165) is 0 Å². The van der Waals surface area contributed by atoms with Crippen LogP contribution in [0.4, 0.5) is 0 Å². The number of aryl methyl sites for hydroxylation is 1. The number of rotatable bonds is 5. The van der Waals surface area contributed by atoms with E-state index in [1.807, 2.05) is 11.8 Å². The van der Waals surface area contributed by atoms with Crippen molar-refractivity contribution in [1.82, 2.24) is 0 Å². The van der Waals surface area contributed by atoms with Crippen molar-refractivity contribution < 1.29 is 0 Å². The third kappa shape index (κ3) is 3.90. The molecule has 0 nitrogen and oxygen atoms in total. The van der Waals surface area contributed by atoms with Crippen LogP contribution in [0.1, 0.15) is 44.7 Å². The Labute approximate surface area is 98.5 Å². The molecule has 0 saturated carbocycles. The zero-order valence-corrected chi connectivity index (χ0v) is 11.1. The predicted molar refractivity (Wildman–Crippen MR) is 70.5 cm³/mol. The second kappa shape index (κ2) is 6.22. The number of benzene rings is 1. The predicted octanol–water partition coefficient (Wildman–Crippen LogP) is 4.71. The minimum absolute atomic E-state index is 1.21. The van der Waals surface area contributed by atoms with E-state index in [9.17, 15) is 0 Å². The molecule has 1 heteroatoms. The minimum atomic E-state index is 1.21. The fraction of sp³-hybridized carbons (Fsp3) is 0.500. The van der Waals surface area contributed by atoms with E-state index in [0.29, 0.717) is 0 Å². The van der Waals surface area contributed by atoms with Crippen molar-refractivity contribution in [3.05, 3.63) is 35.2 Å². The van der Waals surface area contributed by atoms with Gasteiger partial charge < -0.3 is 0 Å². The molecule has 0 spiro atoms. The van der Waals surface area contributed by atoms with Gasteiger partial charge in [-0.1, -0.05) is 33.3 Å². The summed E-state index contributed by atoms with van der Waals surface area (Å²) in [6, 6.07) is 6.95. The first-order valence-corrected chi connectivity index (χ1v) is 6.88. The zero-order valence-electron chi connectivity index (χ0n) is 10.3. The smallest absolute Gasteiger partial charge is 0.00748 e. The van der Waals surface area contributed by atoms with Crippen LogP contribution in [0.25, 0.3) is 0 Å². The molecule has 0 heterocycles. The van der Waals surface area contributed by atoms with Crippen LogP contribution in [-0.2, 0) is 6.42 Å². The van der Waals surface area contributed by atoms with Crippen LogP contribution in [0.5, 0.6) is 0 Å². The first kappa shape index (κ1) is 12.6. The fourth-order valence-corrected chi connectivity index (χ4v) is 2.11. The Hall–Kier alpha value is -0.430. The van der Waals surface area contributed by atoms with Gasteiger partial charge in [-0.05, 0) is 48.3 Å². The van der Waals surface area contributed by atoms with E-state index in [2.05, 4.69) is 45.2 Å². The lowest BCUT2D eigenvalue weighted by molar-refractivity contribution is 0.792. The maximum Gasteiger partial charge on any atom is 0.00748 e. The van der Waals surface area contributed by atoms with Crippen LogP contribution < -0.4 is 0 Å². The molecule has 15 heavy (non-hydrogen) atoms. The highest BCUT2D eigenvalue weighted by Gasteiger charge is 2.04. The summed E-state index contributed by atoms with van der Waals surface area (Å²) in [6.07, 6.45) is 5.92. The average Bonchev–Trinajstić information content (AvgIpc) is 2.25. The normalized spacial score (nSPS) is 11.0. The van der Waals surface area contributed by atoms with Crippen LogP contribution in [0, 0.1) is 5.92 Å². The summed E-state index contributed by atoms with van der Waals surface area (Å²) in [7, 11) is 0. The molecule has 1 aromatic rings. The molecule has 0 saturated heterocycles. The van der Waals surface area contributed by atoms with E-state index >= 15 is 0 Å². The van der Waals surface area contributed by atoms with Gasteiger partial charge in [0.25, 0.3) is 0 Å². The van der Waals surface area contributed by atoms with Gasteiger partial charge in [0.2, 0.25) is 0 Å². The summed E-state index contributed by atoms with van der Waals surface area (Å²) < 4.78 is 0. The Morgan fingerprint density at radius 1 is 1.20 bits per heavy atom. The summed E-state index contributed by atoms with van der Waals surface area (Å²) >= 11 is 1.83. The summed E-state index contributed by atoms with van der Waals surface area (Å²) in [5, 5.41) is 0. The lowest BCUT2D eigenvalue weighted by atomic mass is 9.99. The second-order valence-corrected chi connectivity index (χ2v) is 5.05. The topological polar surface area (TPSA) is 0 Å². The van der Waals surface area contributed by atoms with Gasteiger partial charge in [-0.3, -0.25) is 0 Å². The lowest BCUT2D eigenvalue weighted by Crippen LogP contribution is -1.93. The molecular formula is C14H21S. The van der Waals surface area contributed by atoms with E-state index in [-0.39, 0.29) is 0 Å². The van der Waals surface area contributed by atoms with Crippen LogP contribution >= 0.6 is 11.8 Å². The van der Waals surface area contributed by atoms with Crippen LogP contribution in [0.15, 0.2) is 23.1 Å². The Balaban J connectivity index is 2.90. The van der Waals surface area contributed by atoms with Gasteiger partial charge in [0.1, 0.15) is 0 Å².